The summed E-state index contributed by atoms with van der Waals surface area (Å²) in [4.78, 5) is 8.07. The number of aromatic nitrogens is 3. The molecule has 1 fully saturated rings. The Bertz CT molecular complexity index is 580. The Morgan fingerprint density at radius 3 is 2.80 bits per heavy atom. The van der Waals surface area contributed by atoms with E-state index in [1.807, 2.05) is 0 Å². The summed E-state index contributed by atoms with van der Waals surface area (Å²) in [5.74, 6) is 1.69. The van der Waals surface area contributed by atoms with Gasteiger partial charge in [0.25, 0.3) is 0 Å². The maximum Gasteiger partial charge on any atom is 0.245 e. The molecule has 2 aromatic heterocycles. The van der Waals surface area contributed by atoms with Crippen LogP contribution in [0, 0.1) is 12.3 Å². The smallest absolute Gasteiger partial charge is 0.245 e. The van der Waals surface area contributed by atoms with E-state index in [0.717, 1.165) is 44.2 Å². The molecule has 2 aromatic rings. The zero-order valence-electron chi connectivity index (χ0n) is 12.0. The molecule has 5 nitrogen and oxygen atoms in total. The molecule has 108 valence electrons. The van der Waals surface area contributed by atoms with Gasteiger partial charge in [0, 0.05) is 13.1 Å². The van der Waals surface area contributed by atoms with Crippen molar-refractivity contribution in [2.75, 3.05) is 24.5 Å². The number of aromatic amines is 1. The van der Waals surface area contributed by atoms with Crippen molar-refractivity contribution in [2.45, 2.75) is 26.7 Å². The van der Waals surface area contributed by atoms with Crippen LogP contribution >= 0.6 is 11.3 Å². The molecule has 3 N–H and O–H groups in total. The minimum Gasteiger partial charge on any atom is -0.339 e. The predicted octanol–water partition coefficient (Wildman–Crippen LogP) is 2.41. The third kappa shape index (κ3) is 2.45. The normalized spacial score (nSPS) is 18.4. The second-order valence-electron chi connectivity index (χ2n) is 5.92. The van der Waals surface area contributed by atoms with Gasteiger partial charge in [-0.25, -0.2) is 0 Å². The number of H-pyrrole nitrogens is 1. The summed E-state index contributed by atoms with van der Waals surface area (Å²) in [5, 5.41) is 9.52. The van der Waals surface area contributed by atoms with Gasteiger partial charge < -0.3 is 10.6 Å². The molecule has 6 heteroatoms. The zero-order valence-corrected chi connectivity index (χ0v) is 12.8. The highest BCUT2D eigenvalue weighted by Crippen LogP contribution is 2.32. The molecule has 0 aromatic carbocycles. The number of anilines is 1. The molecule has 0 bridgehead atoms. The van der Waals surface area contributed by atoms with E-state index in [0.29, 0.717) is 0 Å². The molecule has 1 aliphatic heterocycles. The Morgan fingerprint density at radius 1 is 1.45 bits per heavy atom. The van der Waals surface area contributed by atoms with E-state index in [1.54, 1.807) is 11.3 Å². The third-order valence-corrected chi connectivity index (χ3v) is 5.32. The number of hydrogen-bond donors (Lipinski definition) is 2. The molecule has 0 aliphatic carbocycles. The zero-order chi connectivity index (χ0) is 14.2. The number of nitrogens with two attached hydrogens (primary N) is 1. The van der Waals surface area contributed by atoms with Gasteiger partial charge in [-0.1, -0.05) is 6.92 Å². The lowest BCUT2D eigenvalue weighted by atomic mass is 9.81. The molecule has 0 unspecified atom stereocenters. The number of aryl methyl sites for hydroxylation is 1. The van der Waals surface area contributed by atoms with Gasteiger partial charge in [-0.05, 0) is 48.7 Å². The number of piperidine rings is 1. The topological polar surface area (TPSA) is 70.8 Å². The first-order valence-corrected chi connectivity index (χ1v) is 7.91. The molecule has 1 saturated heterocycles. The Kier molecular flexibility index (Phi) is 3.52. The van der Waals surface area contributed by atoms with E-state index in [9.17, 15) is 0 Å². The maximum absolute atomic E-state index is 5.85. The molecule has 3 rings (SSSR count). The molecule has 1 aliphatic rings. The third-order valence-electron chi connectivity index (χ3n) is 4.30. The molecule has 0 amide bonds. The monoisotopic (exact) mass is 291 g/mol. The van der Waals surface area contributed by atoms with Crippen molar-refractivity contribution in [3.63, 3.8) is 0 Å². The van der Waals surface area contributed by atoms with Gasteiger partial charge >= 0.3 is 0 Å². The lowest BCUT2D eigenvalue weighted by Gasteiger charge is -2.38. The van der Waals surface area contributed by atoms with Gasteiger partial charge in [0.2, 0.25) is 5.95 Å². The second-order valence-corrected chi connectivity index (χ2v) is 6.83. The summed E-state index contributed by atoms with van der Waals surface area (Å²) in [6.45, 7) is 7.08. The lowest BCUT2D eigenvalue weighted by Crippen LogP contribution is -2.42. The van der Waals surface area contributed by atoms with Crippen LogP contribution < -0.4 is 10.6 Å². The van der Waals surface area contributed by atoms with Gasteiger partial charge in [-0.15, -0.1) is 16.4 Å². The van der Waals surface area contributed by atoms with Crippen molar-refractivity contribution in [2.24, 2.45) is 11.1 Å². The quantitative estimate of drug-likeness (QED) is 0.911. The van der Waals surface area contributed by atoms with E-state index in [4.69, 9.17) is 5.73 Å². The van der Waals surface area contributed by atoms with Crippen molar-refractivity contribution < 1.29 is 0 Å². The SMILES string of the molecule is Cc1ccsc1-c1nc(N2CCC(C)(CN)CC2)n[nH]1. The van der Waals surface area contributed by atoms with E-state index < -0.39 is 0 Å². The Morgan fingerprint density at radius 2 is 2.20 bits per heavy atom. The Labute approximate surface area is 123 Å². The van der Waals surface area contributed by atoms with Gasteiger partial charge in [0.15, 0.2) is 5.82 Å². The summed E-state index contributed by atoms with van der Waals surface area (Å²) >= 11 is 1.70. The van der Waals surface area contributed by atoms with E-state index >= 15 is 0 Å². The number of nitrogens with zero attached hydrogens (tertiary/aromatic N) is 3. The first-order chi connectivity index (χ1) is 9.61. The number of rotatable bonds is 3. The molecular weight excluding hydrogens is 270 g/mol. The van der Waals surface area contributed by atoms with Crippen molar-refractivity contribution in [3.05, 3.63) is 17.0 Å². The molecular formula is C14H21N5S. The predicted molar refractivity (Wildman–Crippen MR) is 83.0 cm³/mol. The Balaban J connectivity index is 1.74. The van der Waals surface area contributed by atoms with Crippen LogP contribution in [0.5, 0.6) is 0 Å². The van der Waals surface area contributed by atoms with Crippen LogP contribution in [0.2, 0.25) is 0 Å². The average Bonchev–Trinajstić information content (AvgIpc) is 3.08. The fourth-order valence-electron chi connectivity index (χ4n) is 2.56. The summed E-state index contributed by atoms with van der Waals surface area (Å²) in [6, 6.07) is 2.11. The van der Waals surface area contributed by atoms with E-state index in [-0.39, 0.29) is 5.41 Å². The highest BCUT2D eigenvalue weighted by Gasteiger charge is 2.30. The highest BCUT2D eigenvalue weighted by atomic mass is 32.1. The van der Waals surface area contributed by atoms with Crippen LogP contribution in [-0.4, -0.2) is 34.8 Å². The number of thiophene rings is 1. The van der Waals surface area contributed by atoms with Gasteiger partial charge in [-0.2, -0.15) is 4.98 Å². The number of nitrogens with one attached hydrogen (secondary N) is 1. The molecule has 0 saturated carbocycles. The summed E-state index contributed by atoms with van der Waals surface area (Å²) in [6.07, 6.45) is 2.21. The fourth-order valence-corrected chi connectivity index (χ4v) is 3.43. The average molecular weight is 291 g/mol. The van der Waals surface area contributed by atoms with Crippen LogP contribution in [0.15, 0.2) is 11.4 Å². The van der Waals surface area contributed by atoms with Gasteiger partial charge in [0.1, 0.15) is 0 Å². The van der Waals surface area contributed by atoms with Crippen molar-refractivity contribution in [3.8, 4) is 10.7 Å². The minimum absolute atomic E-state index is 0.278. The summed E-state index contributed by atoms with van der Waals surface area (Å²) in [7, 11) is 0. The van der Waals surface area contributed by atoms with Gasteiger partial charge in [-0.3, -0.25) is 5.10 Å². The number of hydrogen-bond acceptors (Lipinski definition) is 5. The first kappa shape index (κ1) is 13.6. The fraction of sp³-hybridized carbons (Fsp3) is 0.571. The summed E-state index contributed by atoms with van der Waals surface area (Å²) in [5.41, 5.74) is 7.37. The second kappa shape index (κ2) is 5.18. The van der Waals surface area contributed by atoms with Crippen molar-refractivity contribution >= 4 is 17.3 Å². The van der Waals surface area contributed by atoms with Crippen LogP contribution in [0.25, 0.3) is 10.7 Å². The molecule has 20 heavy (non-hydrogen) atoms. The molecule has 0 spiro atoms. The molecule has 3 heterocycles. The lowest BCUT2D eigenvalue weighted by molar-refractivity contribution is 0.257. The maximum atomic E-state index is 5.85. The minimum atomic E-state index is 0.278. The van der Waals surface area contributed by atoms with E-state index in [1.165, 1.54) is 10.4 Å². The van der Waals surface area contributed by atoms with Crippen LogP contribution in [0.1, 0.15) is 25.3 Å². The standard InChI is InChI=1S/C14H21N5S/c1-10-3-8-20-11(10)12-16-13(18-17-12)19-6-4-14(2,9-15)5-7-19/h3,8H,4-7,9,15H2,1-2H3,(H,16,17,18). The largest absolute Gasteiger partial charge is 0.339 e. The first-order valence-electron chi connectivity index (χ1n) is 7.03. The Hall–Kier alpha value is -1.40. The van der Waals surface area contributed by atoms with Crippen LogP contribution in [0.3, 0.4) is 0 Å². The van der Waals surface area contributed by atoms with Crippen molar-refractivity contribution in [1.82, 2.24) is 15.2 Å². The molecule has 0 atom stereocenters. The van der Waals surface area contributed by atoms with Crippen molar-refractivity contribution in [1.29, 1.82) is 0 Å². The molecule has 0 radical (unpaired) electrons. The highest BCUT2D eigenvalue weighted by molar-refractivity contribution is 7.13. The summed E-state index contributed by atoms with van der Waals surface area (Å²) < 4.78 is 0. The van der Waals surface area contributed by atoms with E-state index in [2.05, 4.69) is 45.4 Å². The van der Waals surface area contributed by atoms with Crippen LogP contribution in [0.4, 0.5) is 5.95 Å². The van der Waals surface area contributed by atoms with Crippen LogP contribution in [-0.2, 0) is 0 Å². The van der Waals surface area contributed by atoms with Gasteiger partial charge in [0.05, 0.1) is 4.88 Å².